The van der Waals surface area contributed by atoms with Crippen molar-refractivity contribution in [2.24, 2.45) is 5.92 Å². The molecule has 0 spiro atoms. The van der Waals surface area contributed by atoms with Gasteiger partial charge in [0.2, 0.25) is 5.91 Å². The summed E-state index contributed by atoms with van der Waals surface area (Å²) in [4.78, 5) is 26.1. The Balaban J connectivity index is 1.51. The number of nitrogens with one attached hydrogen (secondary N) is 2. The molecule has 1 heterocycles. The van der Waals surface area contributed by atoms with Gasteiger partial charge in [0.05, 0.1) is 0 Å². The van der Waals surface area contributed by atoms with E-state index >= 15 is 0 Å². The van der Waals surface area contributed by atoms with Crippen molar-refractivity contribution < 1.29 is 9.59 Å². The zero-order chi connectivity index (χ0) is 17.8. The molecule has 0 aromatic heterocycles. The molecule has 1 aliphatic rings. The molecular weight excluding hydrogens is 314 g/mol. The molecule has 2 aromatic carbocycles. The van der Waals surface area contributed by atoms with Crippen LogP contribution in [0, 0.1) is 19.8 Å². The first-order valence-electron chi connectivity index (χ1n) is 8.50. The number of amides is 3. The van der Waals surface area contributed by atoms with Crippen LogP contribution in [0.25, 0.3) is 0 Å². The molecule has 0 radical (unpaired) electrons. The van der Waals surface area contributed by atoms with Crippen LogP contribution >= 0.6 is 0 Å². The van der Waals surface area contributed by atoms with Gasteiger partial charge in [-0.2, -0.15) is 0 Å². The number of hydrogen-bond acceptors (Lipinski definition) is 2. The highest BCUT2D eigenvalue weighted by Gasteiger charge is 2.30. The van der Waals surface area contributed by atoms with Gasteiger partial charge in [0.1, 0.15) is 0 Å². The van der Waals surface area contributed by atoms with E-state index in [4.69, 9.17) is 0 Å². The lowest BCUT2D eigenvalue weighted by atomic mass is 10.1. The Bertz CT molecular complexity index is 771. The minimum Gasteiger partial charge on any atom is -0.338 e. The van der Waals surface area contributed by atoms with Crippen LogP contribution in [0.1, 0.15) is 17.5 Å². The topological polar surface area (TPSA) is 61.4 Å². The average molecular weight is 337 g/mol. The molecule has 1 unspecified atom stereocenters. The van der Waals surface area contributed by atoms with Gasteiger partial charge in [0.15, 0.2) is 0 Å². The maximum absolute atomic E-state index is 12.2. The van der Waals surface area contributed by atoms with Crippen LogP contribution in [0.2, 0.25) is 0 Å². The summed E-state index contributed by atoms with van der Waals surface area (Å²) in [6, 6.07) is 15.3. The summed E-state index contributed by atoms with van der Waals surface area (Å²) in [5.41, 5.74) is 3.94. The van der Waals surface area contributed by atoms with E-state index in [0.29, 0.717) is 19.5 Å². The number of urea groups is 1. The molecule has 5 heteroatoms. The molecule has 5 nitrogen and oxygen atoms in total. The molecule has 1 fully saturated rings. The van der Waals surface area contributed by atoms with Crippen molar-refractivity contribution in [3.63, 3.8) is 0 Å². The van der Waals surface area contributed by atoms with E-state index in [2.05, 4.69) is 10.6 Å². The summed E-state index contributed by atoms with van der Waals surface area (Å²) in [7, 11) is 0. The third-order valence-corrected chi connectivity index (χ3v) is 4.38. The standard InChI is InChI=1S/C20H23N3O2/c1-14-6-8-18(9-7-14)23-13-16(11-19(23)24)12-21-20(25)22-17-5-3-4-15(2)10-17/h3-10,16H,11-13H2,1-2H3,(H2,21,22,25). The molecule has 3 amide bonds. The van der Waals surface area contributed by atoms with Gasteiger partial charge in [-0.3, -0.25) is 4.79 Å². The summed E-state index contributed by atoms with van der Waals surface area (Å²) in [6.07, 6.45) is 0.457. The Kier molecular flexibility index (Phi) is 5.03. The average Bonchev–Trinajstić information content (AvgIpc) is 2.95. The fourth-order valence-electron chi connectivity index (χ4n) is 3.03. The third-order valence-electron chi connectivity index (χ3n) is 4.38. The van der Waals surface area contributed by atoms with Crippen LogP contribution in [-0.2, 0) is 4.79 Å². The largest absolute Gasteiger partial charge is 0.338 e. The van der Waals surface area contributed by atoms with Gasteiger partial charge in [-0.1, -0.05) is 29.8 Å². The molecule has 2 N–H and O–H groups in total. The Morgan fingerprint density at radius 2 is 1.88 bits per heavy atom. The number of rotatable bonds is 4. The molecule has 0 aliphatic carbocycles. The Labute approximate surface area is 148 Å². The van der Waals surface area contributed by atoms with E-state index in [1.54, 1.807) is 4.90 Å². The SMILES string of the molecule is Cc1ccc(N2CC(CNC(=O)Nc3cccc(C)c3)CC2=O)cc1. The van der Waals surface area contributed by atoms with Gasteiger partial charge < -0.3 is 15.5 Å². The number of anilines is 2. The highest BCUT2D eigenvalue weighted by atomic mass is 16.2. The smallest absolute Gasteiger partial charge is 0.319 e. The molecule has 0 saturated carbocycles. The van der Waals surface area contributed by atoms with Crippen LogP contribution < -0.4 is 15.5 Å². The second kappa shape index (κ2) is 7.38. The number of nitrogens with zero attached hydrogens (tertiary/aromatic N) is 1. The van der Waals surface area contributed by atoms with Gasteiger partial charge in [-0.25, -0.2) is 4.79 Å². The van der Waals surface area contributed by atoms with E-state index in [1.807, 2.05) is 62.4 Å². The molecule has 130 valence electrons. The molecule has 1 saturated heterocycles. The fraction of sp³-hybridized carbons (Fsp3) is 0.300. The highest BCUT2D eigenvalue weighted by molar-refractivity contribution is 5.96. The second-order valence-corrected chi connectivity index (χ2v) is 6.61. The van der Waals surface area contributed by atoms with Crippen LogP contribution in [-0.4, -0.2) is 25.0 Å². The molecular formula is C20H23N3O2. The zero-order valence-electron chi connectivity index (χ0n) is 14.6. The number of carbonyl (C=O) groups excluding carboxylic acids is 2. The maximum Gasteiger partial charge on any atom is 0.319 e. The lowest BCUT2D eigenvalue weighted by Gasteiger charge is -2.17. The fourth-order valence-corrected chi connectivity index (χ4v) is 3.03. The van der Waals surface area contributed by atoms with Gasteiger partial charge in [-0.15, -0.1) is 0 Å². The Morgan fingerprint density at radius 1 is 1.12 bits per heavy atom. The molecule has 3 rings (SSSR count). The first-order chi connectivity index (χ1) is 12.0. The second-order valence-electron chi connectivity index (χ2n) is 6.61. The molecule has 2 aromatic rings. The van der Waals surface area contributed by atoms with Crippen LogP contribution in [0.4, 0.5) is 16.2 Å². The quantitative estimate of drug-likeness (QED) is 0.897. The molecule has 25 heavy (non-hydrogen) atoms. The van der Waals surface area contributed by atoms with E-state index in [-0.39, 0.29) is 17.9 Å². The van der Waals surface area contributed by atoms with E-state index in [0.717, 1.165) is 16.9 Å². The normalized spacial score (nSPS) is 16.8. The Hall–Kier alpha value is -2.82. The molecule has 1 atom stereocenters. The summed E-state index contributed by atoms with van der Waals surface area (Å²) >= 11 is 0. The minimum absolute atomic E-state index is 0.106. The van der Waals surface area contributed by atoms with Crippen molar-refractivity contribution in [1.82, 2.24) is 5.32 Å². The van der Waals surface area contributed by atoms with Crippen molar-refractivity contribution in [2.45, 2.75) is 20.3 Å². The first-order valence-corrected chi connectivity index (χ1v) is 8.50. The summed E-state index contributed by atoms with van der Waals surface area (Å²) in [6.45, 7) is 5.11. The predicted octanol–water partition coefficient (Wildman–Crippen LogP) is 3.48. The van der Waals surface area contributed by atoms with Gasteiger partial charge in [0, 0.05) is 36.8 Å². The zero-order valence-corrected chi connectivity index (χ0v) is 14.6. The first kappa shape index (κ1) is 17.0. The molecule has 1 aliphatic heterocycles. The maximum atomic E-state index is 12.2. The lowest BCUT2D eigenvalue weighted by Crippen LogP contribution is -2.34. The monoisotopic (exact) mass is 337 g/mol. The van der Waals surface area contributed by atoms with Crippen molar-refractivity contribution in [2.75, 3.05) is 23.3 Å². The minimum atomic E-state index is -0.244. The Morgan fingerprint density at radius 3 is 2.60 bits per heavy atom. The van der Waals surface area contributed by atoms with E-state index in [9.17, 15) is 9.59 Å². The summed E-state index contributed by atoms with van der Waals surface area (Å²) in [5.74, 6) is 0.229. The summed E-state index contributed by atoms with van der Waals surface area (Å²) < 4.78 is 0. The lowest BCUT2D eigenvalue weighted by molar-refractivity contribution is -0.117. The van der Waals surface area contributed by atoms with Gasteiger partial charge in [0.25, 0.3) is 0 Å². The van der Waals surface area contributed by atoms with E-state index in [1.165, 1.54) is 5.56 Å². The van der Waals surface area contributed by atoms with E-state index < -0.39 is 0 Å². The third kappa shape index (κ3) is 4.38. The van der Waals surface area contributed by atoms with Crippen LogP contribution in [0.3, 0.4) is 0 Å². The van der Waals surface area contributed by atoms with Crippen molar-refractivity contribution in [3.8, 4) is 0 Å². The number of aryl methyl sites for hydroxylation is 2. The predicted molar refractivity (Wildman–Crippen MR) is 99.8 cm³/mol. The van der Waals surface area contributed by atoms with Crippen LogP contribution in [0.15, 0.2) is 48.5 Å². The van der Waals surface area contributed by atoms with Gasteiger partial charge >= 0.3 is 6.03 Å². The van der Waals surface area contributed by atoms with Crippen molar-refractivity contribution >= 4 is 23.3 Å². The van der Waals surface area contributed by atoms with Crippen LogP contribution in [0.5, 0.6) is 0 Å². The summed E-state index contributed by atoms with van der Waals surface area (Å²) in [5, 5.41) is 5.68. The van der Waals surface area contributed by atoms with Crippen molar-refractivity contribution in [1.29, 1.82) is 0 Å². The number of carbonyl (C=O) groups is 2. The van der Waals surface area contributed by atoms with Gasteiger partial charge in [-0.05, 0) is 43.7 Å². The highest BCUT2D eigenvalue weighted by Crippen LogP contribution is 2.25. The van der Waals surface area contributed by atoms with Crippen molar-refractivity contribution in [3.05, 3.63) is 59.7 Å². The number of benzene rings is 2. The number of hydrogen-bond donors (Lipinski definition) is 2. The molecule has 0 bridgehead atoms.